The molecular weight excluding hydrogens is 468 g/mol. The van der Waals surface area contributed by atoms with Crippen molar-refractivity contribution in [3.05, 3.63) is 59.7 Å². The van der Waals surface area contributed by atoms with E-state index in [4.69, 9.17) is 9.47 Å². The molecule has 1 spiro atoms. The highest BCUT2D eigenvalue weighted by atomic mass is 16.5. The molecule has 0 radical (unpaired) electrons. The number of carbonyl (C=O) groups is 2. The van der Waals surface area contributed by atoms with Crippen LogP contribution in [0.5, 0.6) is 5.75 Å². The Morgan fingerprint density at radius 3 is 2.27 bits per heavy atom. The molecule has 5 rings (SSSR count). The van der Waals surface area contributed by atoms with Crippen LogP contribution >= 0.6 is 0 Å². The van der Waals surface area contributed by atoms with E-state index in [2.05, 4.69) is 34.1 Å². The summed E-state index contributed by atoms with van der Waals surface area (Å²) in [6.45, 7) is 5.71. The lowest BCUT2D eigenvalue weighted by Crippen LogP contribution is -2.57. The third-order valence-corrected chi connectivity index (χ3v) is 8.09. The standard InChI is InChI=1S/C29H38N4O4/c1-36-18-17-33-28(35)32(22-24-8-6-10-26(20-24)37-2)27(34)29(33)11-15-30(16-12-29)21-23-7-5-9-25(19-23)31-13-3-4-14-31/h5-10,19-20H,3-4,11-18,21-22H2,1-2H3. The van der Waals surface area contributed by atoms with Crippen molar-refractivity contribution in [3.8, 4) is 5.75 Å². The van der Waals surface area contributed by atoms with Crippen LogP contribution in [0.3, 0.4) is 0 Å². The van der Waals surface area contributed by atoms with Gasteiger partial charge in [0.25, 0.3) is 5.91 Å². The van der Waals surface area contributed by atoms with Crippen LogP contribution in [0, 0.1) is 0 Å². The van der Waals surface area contributed by atoms with Gasteiger partial charge in [0.2, 0.25) is 0 Å². The van der Waals surface area contributed by atoms with Crippen molar-refractivity contribution < 1.29 is 19.1 Å². The average molecular weight is 507 g/mol. The van der Waals surface area contributed by atoms with Crippen LogP contribution in [0.25, 0.3) is 0 Å². The highest BCUT2D eigenvalue weighted by Gasteiger charge is 2.57. The van der Waals surface area contributed by atoms with Crippen LogP contribution in [0.2, 0.25) is 0 Å². The van der Waals surface area contributed by atoms with Crippen molar-refractivity contribution in [3.63, 3.8) is 0 Å². The number of hydrogen-bond donors (Lipinski definition) is 0. The summed E-state index contributed by atoms with van der Waals surface area (Å²) in [7, 11) is 3.24. The largest absolute Gasteiger partial charge is 0.497 e. The number of urea groups is 1. The molecular formula is C29H38N4O4. The van der Waals surface area contributed by atoms with Gasteiger partial charge in [-0.05, 0) is 61.1 Å². The smallest absolute Gasteiger partial charge is 0.328 e. The fourth-order valence-electron chi connectivity index (χ4n) is 6.02. The second kappa shape index (κ2) is 11.1. The lowest BCUT2D eigenvalue weighted by Gasteiger charge is -2.42. The minimum absolute atomic E-state index is 0.0906. The van der Waals surface area contributed by atoms with E-state index in [-0.39, 0.29) is 18.5 Å². The van der Waals surface area contributed by atoms with Crippen LogP contribution in [-0.2, 0) is 22.6 Å². The van der Waals surface area contributed by atoms with Crippen LogP contribution in [0.4, 0.5) is 10.5 Å². The minimum Gasteiger partial charge on any atom is -0.497 e. The molecule has 3 aliphatic heterocycles. The van der Waals surface area contributed by atoms with Gasteiger partial charge in [0.1, 0.15) is 11.3 Å². The number of anilines is 1. The Hall–Kier alpha value is -3.10. The molecule has 3 saturated heterocycles. The molecule has 198 valence electrons. The molecule has 3 fully saturated rings. The first-order chi connectivity index (χ1) is 18.0. The highest BCUT2D eigenvalue weighted by molar-refractivity contribution is 6.07. The van der Waals surface area contributed by atoms with Gasteiger partial charge in [0.15, 0.2) is 0 Å². The quantitative estimate of drug-likeness (QED) is 0.483. The summed E-state index contributed by atoms with van der Waals surface area (Å²) in [5.74, 6) is 0.622. The van der Waals surface area contributed by atoms with E-state index in [0.29, 0.717) is 31.7 Å². The van der Waals surface area contributed by atoms with E-state index in [1.54, 1.807) is 19.1 Å². The Bertz CT molecular complexity index is 1110. The van der Waals surface area contributed by atoms with E-state index >= 15 is 0 Å². The van der Waals surface area contributed by atoms with Crippen molar-refractivity contribution in [2.24, 2.45) is 0 Å². The molecule has 0 atom stereocenters. The molecule has 0 unspecified atom stereocenters. The number of hydrogen-bond acceptors (Lipinski definition) is 6. The van der Waals surface area contributed by atoms with Gasteiger partial charge >= 0.3 is 6.03 Å². The number of piperidine rings is 1. The van der Waals surface area contributed by atoms with Crippen molar-refractivity contribution in [2.45, 2.75) is 44.3 Å². The number of imide groups is 1. The SMILES string of the molecule is COCCN1C(=O)N(Cc2cccc(OC)c2)C(=O)C12CCN(Cc1cccc(N3CCCC3)c1)CC2. The topological polar surface area (TPSA) is 65.6 Å². The van der Waals surface area contributed by atoms with Gasteiger partial charge in [-0.2, -0.15) is 0 Å². The van der Waals surface area contributed by atoms with Gasteiger partial charge in [-0.1, -0.05) is 24.3 Å². The zero-order chi connectivity index (χ0) is 25.8. The lowest BCUT2D eigenvalue weighted by molar-refractivity contribution is -0.136. The average Bonchev–Trinajstić information content (AvgIpc) is 3.53. The van der Waals surface area contributed by atoms with E-state index in [1.807, 2.05) is 24.3 Å². The van der Waals surface area contributed by atoms with Crippen LogP contribution < -0.4 is 9.64 Å². The molecule has 0 N–H and O–H groups in total. The maximum absolute atomic E-state index is 13.8. The molecule has 3 aliphatic rings. The van der Waals surface area contributed by atoms with Crippen LogP contribution in [0.15, 0.2) is 48.5 Å². The molecule has 3 heterocycles. The Balaban J connectivity index is 1.29. The molecule has 8 nitrogen and oxygen atoms in total. The molecule has 8 heteroatoms. The van der Waals surface area contributed by atoms with Gasteiger partial charge in [-0.15, -0.1) is 0 Å². The van der Waals surface area contributed by atoms with Crippen molar-refractivity contribution in [2.75, 3.05) is 58.5 Å². The monoisotopic (exact) mass is 506 g/mol. The van der Waals surface area contributed by atoms with E-state index in [9.17, 15) is 9.59 Å². The fourth-order valence-corrected chi connectivity index (χ4v) is 6.02. The highest BCUT2D eigenvalue weighted by Crippen LogP contribution is 2.38. The third kappa shape index (κ3) is 5.18. The maximum atomic E-state index is 13.8. The van der Waals surface area contributed by atoms with Gasteiger partial charge in [-0.3, -0.25) is 14.6 Å². The Labute approximate surface area is 219 Å². The van der Waals surface area contributed by atoms with Gasteiger partial charge in [0, 0.05) is 52.1 Å². The summed E-state index contributed by atoms with van der Waals surface area (Å²) < 4.78 is 10.6. The van der Waals surface area contributed by atoms with Gasteiger partial charge in [-0.25, -0.2) is 4.79 Å². The number of rotatable bonds is 9. The van der Waals surface area contributed by atoms with Crippen molar-refractivity contribution in [1.82, 2.24) is 14.7 Å². The van der Waals surface area contributed by atoms with Crippen molar-refractivity contribution >= 4 is 17.6 Å². The molecule has 2 aromatic carbocycles. The summed E-state index contributed by atoms with van der Waals surface area (Å²) in [4.78, 5) is 35.4. The maximum Gasteiger partial charge on any atom is 0.328 e. The number of carbonyl (C=O) groups excluding carboxylic acids is 2. The number of likely N-dealkylation sites (tertiary alicyclic amines) is 1. The second-order valence-electron chi connectivity index (χ2n) is 10.3. The van der Waals surface area contributed by atoms with Gasteiger partial charge in [0.05, 0.1) is 20.3 Å². The molecule has 3 amide bonds. The van der Waals surface area contributed by atoms with E-state index < -0.39 is 5.54 Å². The first kappa shape index (κ1) is 25.5. The first-order valence-corrected chi connectivity index (χ1v) is 13.4. The number of ether oxygens (including phenoxy) is 2. The Morgan fingerprint density at radius 2 is 1.57 bits per heavy atom. The number of amides is 3. The molecule has 0 aliphatic carbocycles. The first-order valence-electron chi connectivity index (χ1n) is 13.4. The van der Waals surface area contributed by atoms with Gasteiger partial charge < -0.3 is 19.3 Å². The predicted octanol–water partition coefficient (Wildman–Crippen LogP) is 3.74. The fraction of sp³-hybridized carbons (Fsp3) is 0.517. The summed E-state index contributed by atoms with van der Waals surface area (Å²) in [5, 5.41) is 0. The zero-order valence-corrected chi connectivity index (χ0v) is 22.0. The predicted molar refractivity (Wildman–Crippen MR) is 143 cm³/mol. The minimum atomic E-state index is -0.803. The molecule has 0 saturated carbocycles. The normalized spacial score (nSPS) is 19.9. The van der Waals surface area contributed by atoms with Crippen LogP contribution in [-0.4, -0.2) is 85.7 Å². The second-order valence-corrected chi connectivity index (χ2v) is 10.3. The number of nitrogens with zero attached hydrogens (tertiary/aromatic N) is 4. The molecule has 37 heavy (non-hydrogen) atoms. The summed E-state index contributed by atoms with van der Waals surface area (Å²) in [6, 6.07) is 16.2. The molecule has 0 aromatic heterocycles. The molecule has 2 aromatic rings. The van der Waals surface area contributed by atoms with Crippen LogP contribution in [0.1, 0.15) is 36.8 Å². The Morgan fingerprint density at radius 1 is 0.865 bits per heavy atom. The zero-order valence-electron chi connectivity index (χ0n) is 22.0. The van der Waals surface area contributed by atoms with E-state index in [0.717, 1.165) is 38.3 Å². The molecule has 0 bridgehead atoms. The lowest BCUT2D eigenvalue weighted by atomic mass is 9.85. The summed E-state index contributed by atoms with van der Waals surface area (Å²) >= 11 is 0. The number of benzene rings is 2. The van der Waals surface area contributed by atoms with Crippen molar-refractivity contribution in [1.29, 1.82) is 0 Å². The van der Waals surface area contributed by atoms with E-state index in [1.165, 1.54) is 29.0 Å². The number of methoxy groups -OCH3 is 2. The third-order valence-electron chi connectivity index (χ3n) is 8.09. The summed E-state index contributed by atoms with van der Waals surface area (Å²) in [5.41, 5.74) is 2.67. The summed E-state index contributed by atoms with van der Waals surface area (Å²) in [6.07, 6.45) is 3.78. The Kier molecular flexibility index (Phi) is 7.67.